The summed E-state index contributed by atoms with van der Waals surface area (Å²) in [6, 6.07) is 15.6. The number of nitrogens with zero attached hydrogens (tertiary/aromatic N) is 1. The number of carbonyl (C=O) groups is 1. The molecule has 0 aliphatic carbocycles. The Labute approximate surface area is 158 Å². The van der Waals surface area contributed by atoms with E-state index in [0.717, 1.165) is 37.0 Å². The number of halogens is 1. The van der Waals surface area contributed by atoms with Crippen LogP contribution in [0.2, 0.25) is 5.02 Å². The molecule has 1 saturated heterocycles. The first-order chi connectivity index (χ1) is 12.6. The van der Waals surface area contributed by atoms with E-state index in [-0.39, 0.29) is 11.7 Å². The molecule has 1 atom stereocenters. The Bertz CT molecular complexity index is 795. The average Bonchev–Trinajstić information content (AvgIpc) is 2.87. The van der Waals surface area contributed by atoms with Gasteiger partial charge in [0.2, 0.25) is 0 Å². The molecule has 2 aromatic rings. The number of amides is 1. The summed E-state index contributed by atoms with van der Waals surface area (Å²) in [5.41, 5.74) is 1.98. The SMILES string of the molecule is O=C(OCc1ccccc1)N1CCCC2(CC1)Cc1ccc(Cl)cc1O2. The standard InChI is InChI=1S/C21H22ClNO3/c22-18-8-7-17-14-21(26-19(17)13-18)9-4-11-23(12-10-21)20(24)25-15-16-5-2-1-3-6-16/h1-3,5-8,13H,4,9-12,14-15H2. The molecule has 0 radical (unpaired) electrons. The Morgan fingerprint density at radius 1 is 1.15 bits per heavy atom. The number of hydrogen-bond acceptors (Lipinski definition) is 3. The fraction of sp³-hybridized carbons (Fsp3) is 0.381. The molecule has 0 N–H and O–H groups in total. The van der Waals surface area contributed by atoms with Crippen molar-refractivity contribution in [3.63, 3.8) is 0 Å². The van der Waals surface area contributed by atoms with Crippen LogP contribution in [0.5, 0.6) is 5.75 Å². The van der Waals surface area contributed by atoms with Gasteiger partial charge in [-0.05, 0) is 36.1 Å². The third kappa shape index (κ3) is 3.65. The van der Waals surface area contributed by atoms with Crippen molar-refractivity contribution < 1.29 is 14.3 Å². The molecule has 5 heteroatoms. The number of fused-ring (bicyclic) bond motifs is 1. The zero-order chi connectivity index (χ0) is 18.0. The molecule has 0 bridgehead atoms. The van der Waals surface area contributed by atoms with Gasteiger partial charge >= 0.3 is 6.09 Å². The third-order valence-electron chi connectivity index (χ3n) is 5.23. The van der Waals surface area contributed by atoms with Crippen molar-refractivity contribution in [2.24, 2.45) is 0 Å². The maximum Gasteiger partial charge on any atom is 0.410 e. The molecule has 2 aliphatic heterocycles. The highest BCUT2D eigenvalue weighted by atomic mass is 35.5. The van der Waals surface area contributed by atoms with Crippen LogP contribution in [0.3, 0.4) is 0 Å². The zero-order valence-corrected chi connectivity index (χ0v) is 15.4. The minimum atomic E-state index is -0.246. The molecule has 2 heterocycles. The second-order valence-electron chi connectivity index (χ2n) is 7.09. The molecular formula is C21H22ClNO3. The molecular weight excluding hydrogens is 350 g/mol. The van der Waals surface area contributed by atoms with Gasteiger partial charge in [0.1, 0.15) is 18.0 Å². The molecule has 1 spiro atoms. The van der Waals surface area contributed by atoms with Crippen LogP contribution in [0.4, 0.5) is 4.79 Å². The van der Waals surface area contributed by atoms with Crippen LogP contribution in [0.15, 0.2) is 48.5 Å². The molecule has 1 fully saturated rings. The molecule has 2 aromatic carbocycles. The van der Waals surface area contributed by atoms with Crippen LogP contribution >= 0.6 is 11.6 Å². The van der Waals surface area contributed by atoms with Crippen LogP contribution in [0.25, 0.3) is 0 Å². The highest BCUT2D eigenvalue weighted by Gasteiger charge is 2.41. The summed E-state index contributed by atoms with van der Waals surface area (Å²) in [5.74, 6) is 0.887. The van der Waals surface area contributed by atoms with Crippen molar-refractivity contribution in [3.8, 4) is 5.75 Å². The molecule has 1 unspecified atom stereocenters. The van der Waals surface area contributed by atoms with E-state index in [0.29, 0.717) is 24.7 Å². The topological polar surface area (TPSA) is 38.8 Å². The van der Waals surface area contributed by atoms with Gasteiger partial charge in [0.05, 0.1) is 0 Å². The second kappa shape index (κ2) is 7.20. The summed E-state index contributed by atoms with van der Waals surface area (Å²) in [7, 11) is 0. The Morgan fingerprint density at radius 2 is 2.00 bits per heavy atom. The lowest BCUT2D eigenvalue weighted by atomic mass is 9.90. The molecule has 2 aliphatic rings. The molecule has 26 heavy (non-hydrogen) atoms. The lowest BCUT2D eigenvalue weighted by molar-refractivity contribution is 0.0719. The van der Waals surface area contributed by atoms with E-state index in [2.05, 4.69) is 0 Å². The van der Waals surface area contributed by atoms with Gasteiger partial charge in [-0.2, -0.15) is 0 Å². The minimum Gasteiger partial charge on any atom is -0.487 e. The van der Waals surface area contributed by atoms with Gasteiger partial charge in [-0.25, -0.2) is 4.79 Å². The van der Waals surface area contributed by atoms with E-state index in [1.165, 1.54) is 5.56 Å². The number of ether oxygens (including phenoxy) is 2. The predicted molar refractivity (Wildman–Crippen MR) is 101 cm³/mol. The highest BCUT2D eigenvalue weighted by Crippen LogP contribution is 2.42. The number of rotatable bonds is 2. The smallest absolute Gasteiger partial charge is 0.410 e. The van der Waals surface area contributed by atoms with Crippen LogP contribution in [-0.2, 0) is 17.8 Å². The van der Waals surface area contributed by atoms with E-state index < -0.39 is 0 Å². The first-order valence-electron chi connectivity index (χ1n) is 9.07. The van der Waals surface area contributed by atoms with E-state index in [9.17, 15) is 4.79 Å². The lowest BCUT2D eigenvalue weighted by Crippen LogP contribution is -2.37. The summed E-state index contributed by atoms with van der Waals surface area (Å²) < 4.78 is 11.8. The first-order valence-corrected chi connectivity index (χ1v) is 9.44. The highest BCUT2D eigenvalue weighted by molar-refractivity contribution is 6.30. The van der Waals surface area contributed by atoms with E-state index in [4.69, 9.17) is 21.1 Å². The fourth-order valence-corrected chi connectivity index (χ4v) is 3.99. The van der Waals surface area contributed by atoms with Gasteiger partial charge in [0, 0.05) is 31.0 Å². The summed E-state index contributed by atoms with van der Waals surface area (Å²) >= 11 is 6.08. The van der Waals surface area contributed by atoms with Crippen LogP contribution in [0.1, 0.15) is 30.4 Å². The van der Waals surface area contributed by atoms with Gasteiger partial charge < -0.3 is 14.4 Å². The predicted octanol–water partition coefficient (Wildman–Crippen LogP) is 4.84. The third-order valence-corrected chi connectivity index (χ3v) is 5.46. The Kier molecular flexibility index (Phi) is 4.77. The van der Waals surface area contributed by atoms with Crippen molar-refractivity contribution in [3.05, 3.63) is 64.7 Å². The van der Waals surface area contributed by atoms with Crippen molar-refractivity contribution in [1.29, 1.82) is 0 Å². The molecule has 4 nitrogen and oxygen atoms in total. The summed E-state index contributed by atoms with van der Waals surface area (Å²) in [5, 5.41) is 0.695. The molecule has 4 rings (SSSR count). The number of likely N-dealkylation sites (tertiary alicyclic amines) is 1. The monoisotopic (exact) mass is 371 g/mol. The minimum absolute atomic E-state index is 0.221. The molecule has 0 aromatic heterocycles. The number of carbonyl (C=O) groups excluding carboxylic acids is 1. The summed E-state index contributed by atoms with van der Waals surface area (Å²) in [4.78, 5) is 14.2. The van der Waals surface area contributed by atoms with E-state index >= 15 is 0 Å². The maximum absolute atomic E-state index is 12.4. The van der Waals surface area contributed by atoms with Crippen molar-refractivity contribution in [2.75, 3.05) is 13.1 Å². The van der Waals surface area contributed by atoms with Gasteiger partial charge in [-0.1, -0.05) is 48.0 Å². The molecule has 1 amide bonds. The average molecular weight is 372 g/mol. The normalized spacial score (nSPS) is 21.8. The van der Waals surface area contributed by atoms with E-state index in [1.807, 2.05) is 48.5 Å². The van der Waals surface area contributed by atoms with Crippen LogP contribution in [0, 0.1) is 0 Å². The Morgan fingerprint density at radius 3 is 2.85 bits per heavy atom. The van der Waals surface area contributed by atoms with E-state index in [1.54, 1.807) is 4.90 Å². The molecule has 136 valence electrons. The Balaban J connectivity index is 1.36. The summed E-state index contributed by atoms with van der Waals surface area (Å²) in [6.07, 6.45) is 3.28. The maximum atomic E-state index is 12.4. The number of benzene rings is 2. The summed E-state index contributed by atoms with van der Waals surface area (Å²) in [6.45, 7) is 1.66. The van der Waals surface area contributed by atoms with Gasteiger partial charge in [0.15, 0.2) is 0 Å². The van der Waals surface area contributed by atoms with Crippen LogP contribution in [-0.4, -0.2) is 29.7 Å². The zero-order valence-electron chi connectivity index (χ0n) is 14.6. The Hall–Kier alpha value is -2.20. The molecule has 0 saturated carbocycles. The quantitative estimate of drug-likeness (QED) is 0.758. The van der Waals surface area contributed by atoms with Gasteiger partial charge in [-0.15, -0.1) is 0 Å². The van der Waals surface area contributed by atoms with Crippen molar-refractivity contribution >= 4 is 17.7 Å². The van der Waals surface area contributed by atoms with Gasteiger partial charge in [-0.3, -0.25) is 0 Å². The number of hydrogen-bond donors (Lipinski definition) is 0. The largest absolute Gasteiger partial charge is 0.487 e. The van der Waals surface area contributed by atoms with Crippen molar-refractivity contribution in [1.82, 2.24) is 4.90 Å². The first kappa shape index (κ1) is 17.2. The lowest BCUT2D eigenvalue weighted by Gasteiger charge is -2.27. The van der Waals surface area contributed by atoms with Crippen LogP contribution < -0.4 is 4.74 Å². The van der Waals surface area contributed by atoms with Crippen molar-refractivity contribution in [2.45, 2.75) is 37.9 Å². The van der Waals surface area contributed by atoms with Gasteiger partial charge in [0.25, 0.3) is 0 Å². The fourth-order valence-electron chi connectivity index (χ4n) is 3.83. The second-order valence-corrected chi connectivity index (χ2v) is 7.53.